The number of thiazole rings is 1. The van der Waals surface area contributed by atoms with E-state index in [1.165, 1.54) is 24.5 Å². The van der Waals surface area contributed by atoms with Crippen LogP contribution in [0.4, 0.5) is 14.5 Å². The predicted molar refractivity (Wildman–Crippen MR) is 67.4 cm³/mol. The number of anilines is 1. The third-order valence-electron chi connectivity index (χ3n) is 2.24. The summed E-state index contributed by atoms with van der Waals surface area (Å²) >= 11 is 6.91. The first kappa shape index (κ1) is 13.0. The van der Waals surface area contributed by atoms with Crippen LogP contribution in [0.5, 0.6) is 5.75 Å². The Morgan fingerprint density at radius 3 is 2.83 bits per heavy atom. The average molecular weight is 291 g/mol. The lowest BCUT2D eigenvalue weighted by Crippen LogP contribution is -2.04. The number of nitrogens with one attached hydrogen (secondary N) is 1. The van der Waals surface area contributed by atoms with Crippen LogP contribution in [-0.2, 0) is 6.54 Å². The molecule has 0 radical (unpaired) electrons. The highest BCUT2D eigenvalue weighted by Gasteiger charge is 2.14. The van der Waals surface area contributed by atoms with Crippen molar-refractivity contribution in [3.8, 4) is 5.75 Å². The van der Waals surface area contributed by atoms with Crippen molar-refractivity contribution in [3.05, 3.63) is 39.3 Å². The molecular formula is C11H9ClF2N2OS. The van der Waals surface area contributed by atoms with Crippen molar-refractivity contribution in [2.45, 2.75) is 6.54 Å². The third kappa shape index (κ3) is 2.70. The van der Waals surface area contributed by atoms with E-state index in [1.807, 2.05) is 0 Å². The molecule has 7 heteroatoms. The van der Waals surface area contributed by atoms with E-state index in [1.54, 1.807) is 6.20 Å². The summed E-state index contributed by atoms with van der Waals surface area (Å²) in [4.78, 5) is 4.62. The minimum atomic E-state index is -0.756. The van der Waals surface area contributed by atoms with Crippen molar-refractivity contribution >= 4 is 28.6 Å². The van der Waals surface area contributed by atoms with Crippen LogP contribution in [0.2, 0.25) is 4.47 Å². The van der Waals surface area contributed by atoms with Gasteiger partial charge in [0.05, 0.1) is 13.7 Å². The number of hydrogen-bond donors (Lipinski definition) is 1. The highest BCUT2D eigenvalue weighted by atomic mass is 35.5. The second-order valence-electron chi connectivity index (χ2n) is 3.37. The number of ether oxygens (including phenoxy) is 1. The second-order valence-corrected chi connectivity index (χ2v) is 5.07. The molecule has 0 saturated carbocycles. The largest absolute Gasteiger partial charge is 0.494 e. The van der Waals surface area contributed by atoms with E-state index in [0.29, 0.717) is 4.47 Å². The molecule has 0 amide bonds. The molecule has 0 unspecified atom stereocenters. The SMILES string of the molecule is COc1ccc(F)c(NCc2cnc(Cl)s2)c1F. The molecule has 0 saturated heterocycles. The summed E-state index contributed by atoms with van der Waals surface area (Å²) in [5.74, 6) is -1.45. The molecule has 1 heterocycles. The van der Waals surface area contributed by atoms with Crippen LogP contribution in [0.25, 0.3) is 0 Å². The molecule has 96 valence electrons. The van der Waals surface area contributed by atoms with Gasteiger partial charge >= 0.3 is 0 Å². The van der Waals surface area contributed by atoms with E-state index >= 15 is 0 Å². The number of halogens is 3. The Morgan fingerprint density at radius 1 is 1.44 bits per heavy atom. The lowest BCUT2D eigenvalue weighted by Gasteiger charge is -2.10. The first-order chi connectivity index (χ1) is 8.61. The third-order valence-corrected chi connectivity index (χ3v) is 3.36. The monoisotopic (exact) mass is 290 g/mol. The van der Waals surface area contributed by atoms with E-state index in [4.69, 9.17) is 16.3 Å². The highest BCUT2D eigenvalue weighted by Crippen LogP contribution is 2.28. The van der Waals surface area contributed by atoms with Gasteiger partial charge in [0.1, 0.15) is 11.5 Å². The highest BCUT2D eigenvalue weighted by molar-refractivity contribution is 7.15. The second kappa shape index (κ2) is 5.49. The Labute approximate surface area is 111 Å². The fraction of sp³-hybridized carbons (Fsp3) is 0.182. The van der Waals surface area contributed by atoms with Crippen molar-refractivity contribution < 1.29 is 13.5 Å². The summed E-state index contributed by atoms with van der Waals surface area (Å²) in [7, 11) is 1.32. The van der Waals surface area contributed by atoms with Gasteiger partial charge in [-0.15, -0.1) is 11.3 Å². The molecule has 0 aliphatic carbocycles. The molecule has 0 fully saturated rings. The summed E-state index contributed by atoms with van der Waals surface area (Å²) in [6, 6.07) is 2.38. The molecule has 1 aromatic heterocycles. The molecule has 2 rings (SSSR count). The Hall–Kier alpha value is -1.40. The van der Waals surface area contributed by atoms with E-state index in [9.17, 15) is 8.78 Å². The molecule has 18 heavy (non-hydrogen) atoms. The van der Waals surface area contributed by atoms with E-state index in [2.05, 4.69) is 10.3 Å². The molecule has 0 spiro atoms. The Bertz CT molecular complexity index is 562. The van der Waals surface area contributed by atoms with E-state index < -0.39 is 11.6 Å². The van der Waals surface area contributed by atoms with Gasteiger partial charge in [-0.1, -0.05) is 11.6 Å². The minimum Gasteiger partial charge on any atom is -0.494 e. The fourth-order valence-corrected chi connectivity index (χ4v) is 2.31. The minimum absolute atomic E-state index is 0.0127. The zero-order valence-electron chi connectivity index (χ0n) is 9.34. The Balaban J connectivity index is 2.18. The first-order valence-corrected chi connectivity index (χ1v) is 6.17. The number of benzene rings is 1. The molecule has 1 aromatic carbocycles. The molecule has 2 aromatic rings. The van der Waals surface area contributed by atoms with Gasteiger partial charge in [0.25, 0.3) is 0 Å². The van der Waals surface area contributed by atoms with Gasteiger partial charge < -0.3 is 10.1 Å². The van der Waals surface area contributed by atoms with Gasteiger partial charge in [0.15, 0.2) is 16.0 Å². The molecule has 0 bridgehead atoms. The summed E-state index contributed by atoms with van der Waals surface area (Å²) < 4.78 is 32.4. The van der Waals surface area contributed by atoms with Crippen molar-refractivity contribution in [1.29, 1.82) is 0 Å². The molecule has 0 aliphatic heterocycles. The van der Waals surface area contributed by atoms with Gasteiger partial charge in [-0.25, -0.2) is 13.8 Å². The number of aromatic nitrogens is 1. The molecule has 0 atom stereocenters. The van der Waals surface area contributed by atoms with Crippen molar-refractivity contribution in [1.82, 2.24) is 4.98 Å². The van der Waals surface area contributed by atoms with Crippen molar-refractivity contribution in [2.75, 3.05) is 12.4 Å². The van der Waals surface area contributed by atoms with Crippen LogP contribution >= 0.6 is 22.9 Å². The van der Waals surface area contributed by atoms with Gasteiger partial charge in [0.2, 0.25) is 0 Å². The Morgan fingerprint density at radius 2 is 2.22 bits per heavy atom. The van der Waals surface area contributed by atoms with Gasteiger partial charge in [-0.2, -0.15) is 0 Å². The van der Waals surface area contributed by atoms with Crippen LogP contribution in [-0.4, -0.2) is 12.1 Å². The normalized spacial score (nSPS) is 10.4. The number of nitrogens with zero attached hydrogens (tertiary/aromatic N) is 1. The molecule has 1 N–H and O–H groups in total. The number of hydrogen-bond acceptors (Lipinski definition) is 4. The van der Waals surface area contributed by atoms with Crippen LogP contribution < -0.4 is 10.1 Å². The smallest absolute Gasteiger partial charge is 0.191 e. The topological polar surface area (TPSA) is 34.1 Å². The van der Waals surface area contributed by atoms with Crippen molar-refractivity contribution in [3.63, 3.8) is 0 Å². The van der Waals surface area contributed by atoms with Gasteiger partial charge in [-0.05, 0) is 12.1 Å². The summed E-state index contributed by atoms with van der Waals surface area (Å²) in [6.07, 6.45) is 1.55. The van der Waals surface area contributed by atoms with E-state index in [-0.39, 0.29) is 18.0 Å². The van der Waals surface area contributed by atoms with Crippen LogP contribution in [0.3, 0.4) is 0 Å². The number of rotatable bonds is 4. The zero-order chi connectivity index (χ0) is 13.1. The maximum atomic E-state index is 13.8. The van der Waals surface area contributed by atoms with Crippen LogP contribution in [0, 0.1) is 11.6 Å². The number of methoxy groups -OCH3 is 1. The summed E-state index contributed by atoms with van der Waals surface area (Å²) in [5, 5.41) is 2.67. The molecule has 0 aliphatic rings. The standard InChI is InChI=1S/C11H9ClF2N2OS/c1-17-8-3-2-7(13)10(9(8)14)15-4-6-5-16-11(12)18-6/h2-3,5,15H,4H2,1H3. The molecular weight excluding hydrogens is 282 g/mol. The lowest BCUT2D eigenvalue weighted by atomic mass is 10.2. The van der Waals surface area contributed by atoms with Gasteiger partial charge in [-0.3, -0.25) is 0 Å². The quantitative estimate of drug-likeness (QED) is 0.932. The maximum Gasteiger partial charge on any atom is 0.191 e. The summed E-state index contributed by atoms with van der Waals surface area (Å²) in [6.45, 7) is 0.241. The lowest BCUT2D eigenvalue weighted by molar-refractivity contribution is 0.385. The van der Waals surface area contributed by atoms with E-state index in [0.717, 1.165) is 10.9 Å². The molecule has 3 nitrogen and oxygen atoms in total. The van der Waals surface area contributed by atoms with Gasteiger partial charge in [0, 0.05) is 11.1 Å². The first-order valence-electron chi connectivity index (χ1n) is 4.98. The zero-order valence-corrected chi connectivity index (χ0v) is 10.9. The maximum absolute atomic E-state index is 13.8. The van der Waals surface area contributed by atoms with Crippen molar-refractivity contribution in [2.24, 2.45) is 0 Å². The average Bonchev–Trinajstić information content (AvgIpc) is 2.75. The fourth-order valence-electron chi connectivity index (χ4n) is 1.39. The summed E-state index contributed by atoms with van der Waals surface area (Å²) in [5.41, 5.74) is -0.223. The van der Waals surface area contributed by atoms with Crippen LogP contribution in [0.15, 0.2) is 18.3 Å². The Kier molecular flexibility index (Phi) is 3.98. The van der Waals surface area contributed by atoms with Crippen LogP contribution in [0.1, 0.15) is 4.88 Å². The predicted octanol–water partition coefficient (Wildman–Crippen LogP) is 3.70.